The summed E-state index contributed by atoms with van der Waals surface area (Å²) in [5.74, 6) is 0.650. The number of morpholine rings is 1. The smallest absolute Gasteiger partial charge is 0.149 e. The highest BCUT2D eigenvalue weighted by Gasteiger charge is 2.39. The molecule has 2 aliphatic rings. The molecule has 5 rings (SSSR count). The minimum absolute atomic E-state index is 0.0602. The van der Waals surface area contributed by atoms with Gasteiger partial charge in [-0.3, -0.25) is 9.69 Å². The van der Waals surface area contributed by atoms with Crippen LogP contribution in [0.3, 0.4) is 0 Å². The Morgan fingerprint density at radius 3 is 2.35 bits per heavy atom. The third kappa shape index (κ3) is 5.84. The van der Waals surface area contributed by atoms with E-state index in [1.54, 1.807) is 7.11 Å². The van der Waals surface area contributed by atoms with Gasteiger partial charge in [0.05, 0.1) is 26.2 Å². The number of benzene rings is 3. The molecule has 0 unspecified atom stereocenters. The van der Waals surface area contributed by atoms with Crippen LogP contribution >= 0.6 is 15.9 Å². The van der Waals surface area contributed by atoms with E-state index in [1.165, 1.54) is 18.4 Å². The van der Waals surface area contributed by atoms with Crippen LogP contribution in [0, 0.1) is 0 Å². The maximum atomic E-state index is 14.6. The van der Waals surface area contributed by atoms with E-state index < -0.39 is 0 Å². The fourth-order valence-electron chi connectivity index (χ4n) is 5.89. The number of allylic oxidation sites excluding steroid dienone is 1. The first kappa shape index (κ1) is 26.1. The molecule has 3 aromatic rings. The molecular formula is C32H36BrNO3. The Morgan fingerprint density at radius 2 is 1.65 bits per heavy atom. The van der Waals surface area contributed by atoms with Crippen molar-refractivity contribution in [3.8, 4) is 5.75 Å². The van der Waals surface area contributed by atoms with Gasteiger partial charge in [-0.15, -0.1) is 0 Å². The van der Waals surface area contributed by atoms with Crippen LogP contribution in [0.2, 0.25) is 0 Å². The van der Waals surface area contributed by atoms with Gasteiger partial charge in [-0.25, -0.2) is 0 Å². The van der Waals surface area contributed by atoms with Gasteiger partial charge in [-0.1, -0.05) is 70.9 Å². The lowest BCUT2D eigenvalue weighted by molar-refractivity contribution is -0.123. The summed E-state index contributed by atoms with van der Waals surface area (Å²) in [6, 6.07) is 20.9. The van der Waals surface area contributed by atoms with Gasteiger partial charge in [0.25, 0.3) is 0 Å². The molecule has 3 atom stereocenters. The lowest BCUT2D eigenvalue weighted by Crippen LogP contribution is -2.49. The summed E-state index contributed by atoms with van der Waals surface area (Å²) in [4.78, 5) is 17.1. The van der Waals surface area contributed by atoms with Gasteiger partial charge in [0.1, 0.15) is 11.5 Å². The van der Waals surface area contributed by atoms with Gasteiger partial charge in [-0.2, -0.15) is 0 Å². The number of Topliss-reactive ketones (excluding diaryl/α,β-unsaturated/α-hetero) is 1. The van der Waals surface area contributed by atoms with Crippen molar-refractivity contribution in [2.24, 2.45) is 0 Å². The summed E-state index contributed by atoms with van der Waals surface area (Å²) in [6.07, 6.45) is 7.00. The zero-order valence-electron chi connectivity index (χ0n) is 21.8. The van der Waals surface area contributed by atoms with Crippen molar-refractivity contribution in [2.75, 3.05) is 33.4 Å². The predicted octanol–water partition coefficient (Wildman–Crippen LogP) is 7.27. The SMILES string of the molecule is COc1ccc2cc([C@H](C)C(=O)[C@H](c3ccc(Br)cc3)[C@H](C3=CCCCC3)N3CCOCC3)ccc2c1. The van der Waals surface area contributed by atoms with Crippen LogP contribution in [-0.4, -0.2) is 50.1 Å². The molecule has 4 nitrogen and oxygen atoms in total. The number of halogens is 1. The quantitative estimate of drug-likeness (QED) is 0.271. The van der Waals surface area contributed by atoms with Crippen molar-refractivity contribution in [3.63, 3.8) is 0 Å². The van der Waals surface area contributed by atoms with Gasteiger partial charge in [-0.05, 0) is 71.8 Å². The van der Waals surface area contributed by atoms with Gasteiger partial charge >= 0.3 is 0 Å². The minimum Gasteiger partial charge on any atom is -0.497 e. The maximum absolute atomic E-state index is 14.6. The van der Waals surface area contributed by atoms with Crippen LogP contribution < -0.4 is 4.74 Å². The highest BCUT2D eigenvalue weighted by Crippen LogP contribution is 2.38. The first-order chi connectivity index (χ1) is 18.0. The summed E-state index contributed by atoms with van der Waals surface area (Å²) in [7, 11) is 1.69. The van der Waals surface area contributed by atoms with Crippen LogP contribution in [0.4, 0.5) is 0 Å². The van der Waals surface area contributed by atoms with Gasteiger partial charge in [0, 0.05) is 29.5 Å². The van der Waals surface area contributed by atoms with Gasteiger partial charge in [0.15, 0.2) is 0 Å². The minimum atomic E-state index is -0.239. The summed E-state index contributed by atoms with van der Waals surface area (Å²) in [5, 5.41) is 2.24. The van der Waals surface area contributed by atoms with Crippen LogP contribution in [0.1, 0.15) is 55.6 Å². The second-order valence-corrected chi connectivity index (χ2v) is 11.2. The Hall–Kier alpha value is -2.47. The lowest BCUT2D eigenvalue weighted by atomic mass is 9.75. The Labute approximate surface area is 228 Å². The number of hydrogen-bond donors (Lipinski definition) is 0. The molecule has 1 aliphatic carbocycles. The summed E-state index contributed by atoms with van der Waals surface area (Å²) < 4.78 is 12.1. The van der Waals surface area contributed by atoms with E-state index in [1.807, 2.05) is 12.1 Å². The molecular weight excluding hydrogens is 526 g/mol. The van der Waals surface area contributed by atoms with E-state index in [0.29, 0.717) is 13.2 Å². The number of nitrogens with zero attached hydrogens (tertiary/aromatic N) is 1. The number of hydrogen-bond acceptors (Lipinski definition) is 4. The number of carbonyl (C=O) groups excluding carboxylic acids is 1. The van der Waals surface area contributed by atoms with Gasteiger partial charge < -0.3 is 9.47 Å². The van der Waals surface area contributed by atoms with E-state index in [4.69, 9.17) is 9.47 Å². The third-order valence-corrected chi connectivity index (χ3v) is 8.52. The zero-order valence-corrected chi connectivity index (χ0v) is 23.4. The number of carbonyl (C=O) groups is 1. The molecule has 0 spiro atoms. The van der Waals surface area contributed by atoms with Crippen LogP contribution in [0.5, 0.6) is 5.75 Å². The molecule has 0 bridgehead atoms. The normalized spacial score (nSPS) is 19.2. The largest absolute Gasteiger partial charge is 0.497 e. The Kier molecular flexibility index (Phi) is 8.43. The van der Waals surface area contributed by atoms with Crippen LogP contribution in [0.25, 0.3) is 10.8 Å². The number of ether oxygens (including phenoxy) is 2. The number of fused-ring (bicyclic) bond motifs is 1. The zero-order chi connectivity index (χ0) is 25.8. The molecule has 37 heavy (non-hydrogen) atoms. The molecule has 1 saturated heterocycles. The second kappa shape index (κ2) is 11.9. The summed E-state index contributed by atoms with van der Waals surface area (Å²) >= 11 is 3.59. The van der Waals surface area contributed by atoms with E-state index in [-0.39, 0.29) is 23.7 Å². The molecule has 0 aromatic heterocycles. The van der Waals surface area contributed by atoms with Crippen molar-refractivity contribution >= 4 is 32.5 Å². The summed E-state index contributed by atoms with van der Waals surface area (Å²) in [5.41, 5.74) is 3.57. The third-order valence-electron chi connectivity index (χ3n) is 7.99. The van der Waals surface area contributed by atoms with E-state index in [0.717, 1.165) is 58.1 Å². The number of rotatable bonds is 8. The lowest BCUT2D eigenvalue weighted by Gasteiger charge is -2.41. The van der Waals surface area contributed by atoms with E-state index in [9.17, 15) is 4.79 Å². The van der Waals surface area contributed by atoms with E-state index in [2.05, 4.69) is 82.4 Å². The maximum Gasteiger partial charge on any atom is 0.149 e. The topological polar surface area (TPSA) is 38.8 Å². The number of ketones is 1. The highest BCUT2D eigenvalue weighted by atomic mass is 79.9. The van der Waals surface area contributed by atoms with Crippen molar-refractivity contribution in [1.82, 2.24) is 4.90 Å². The predicted molar refractivity (Wildman–Crippen MR) is 154 cm³/mol. The van der Waals surface area contributed by atoms with Gasteiger partial charge in [0.2, 0.25) is 0 Å². The molecule has 0 N–H and O–H groups in total. The summed E-state index contributed by atoms with van der Waals surface area (Å²) in [6.45, 7) is 5.22. The fraction of sp³-hybridized carbons (Fsp3) is 0.406. The van der Waals surface area contributed by atoms with Crippen molar-refractivity contribution in [3.05, 3.63) is 87.9 Å². The fourth-order valence-corrected chi connectivity index (χ4v) is 6.16. The first-order valence-corrected chi connectivity index (χ1v) is 14.2. The van der Waals surface area contributed by atoms with Crippen molar-refractivity contribution in [2.45, 2.75) is 50.5 Å². The molecule has 0 saturated carbocycles. The Balaban J connectivity index is 1.55. The second-order valence-electron chi connectivity index (χ2n) is 10.2. The van der Waals surface area contributed by atoms with Crippen LogP contribution in [0.15, 0.2) is 76.8 Å². The van der Waals surface area contributed by atoms with Crippen LogP contribution in [-0.2, 0) is 9.53 Å². The molecule has 194 valence electrons. The average molecular weight is 563 g/mol. The monoisotopic (exact) mass is 561 g/mol. The molecule has 3 aromatic carbocycles. The molecule has 5 heteroatoms. The molecule has 1 aliphatic heterocycles. The molecule has 1 fully saturated rings. The molecule has 1 heterocycles. The average Bonchev–Trinajstić information content (AvgIpc) is 2.96. The first-order valence-electron chi connectivity index (χ1n) is 13.4. The molecule has 0 radical (unpaired) electrons. The highest BCUT2D eigenvalue weighted by molar-refractivity contribution is 9.10. The van der Waals surface area contributed by atoms with Crippen molar-refractivity contribution < 1.29 is 14.3 Å². The Bertz CT molecular complexity index is 1260. The van der Waals surface area contributed by atoms with E-state index >= 15 is 0 Å². The number of methoxy groups -OCH3 is 1. The van der Waals surface area contributed by atoms with Crippen molar-refractivity contribution in [1.29, 1.82) is 0 Å². The molecule has 0 amide bonds. The standard InChI is InChI=1S/C32H36BrNO3/c1-22(25-8-9-27-21-29(36-2)15-12-26(27)20-25)32(35)30(23-10-13-28(33)14-11-23)31(24-6-4-3-5-7-24)34-16-18-37-19-17-34/h6,8-15,20-22,30-31H,3-5,7,16-19H2,1-2H3/t22-,30+,31-/m0/s1. The Morgan fingerprint density at radius 1 is 0.946 bits per heavy atom.